The zero-order valence-electron chi connectivity index (χ0n) is 7.65. The van der Waals surface area contributed by atoms with Crippen LogP contribution in [0.3, 0.4) is 0 Å². The lowest BCUT2D eigenvalue weighted by atomic mass is 10.2. The van der Waals surface area contributed by atoms with Gasteiger partial charge in [0.15, 0.2) is 5.78 Å². The maximum atomic E-state index is 11.8. The van der Waals surface area contributed by atoms with Gasteiger partial charge in [-0.05, 0) is 23.6 Å². The van der Waals surface area contributed by atoms with Crippen LogP contribution in [0.5, 0.6) is 0 Å². The number of allylic oxidation sites excluding steroid dienone is 1. The Balaban J connectivity index is 2.46. The van der Waals surface area contributed by atoms with E-state index in [0.29, 0.717) is 0 Å². The van der Waals surface area contributed by atoms with Gasteiger partial charge in [-0.2, -0.15) is 0 Å². The number of halogens is 2. The van der Waals surface area contributed by atoms with Crippen LogP contribution >= 0.6 is 11.3 Å². The minimum atomic E-state index is -3.07. The van der Waals surface area contributed by atoms with Crippen molar-refractivity contribution in [2.75, 3.05) is 0 Å². The molecule has 0 bridgehead atoms. The number of thiophene rings is 1. The molecule has 0 saturated carbocycles. The van der Waals surface area contributed by atoms with Gasteiger partial charge in [0.2, 0.25) is 5.78 Å². The Labute approximate surface area is 89.2 Å². The lowest BCUT2D eigenvalue weighted by molar-refractivity contribution is -0.132. The number of alkyl halides is 2. The van der Waals surface area contributed by atoms with Gasteiger partial charge in [0, 0.05) is 4.88 Å². The quantitative estimate of drug-likeness (QED) is 0.575. The molecule has 0 fully saturated rings. The Morgan fingerprint density at radius 3 is 2.73 bits per heavy atom. The van der Waals surface area contributed by atoms with Crippen LogP contribution < -0.4 is 0 Å². The summed E-state index contributed by atoms with van der Waals surface area (Å²) in [6, 6.07) is 3.59. The second-order valence-electron chi connectivity index (χ2n) is 2.76. The van der Waals surface area contributed by atoms with Gasteiger partial charge in [-0.25, -0.2) is 8.78 Å². The van der Waals surface area contributed by atoms with Crippen molar-refractivity contribution < 1.29 is 18.4 Å². The van der Waals surface area contributed by atoms with Crippen molar-refractivity contribution in [2.45, 2.75) is 12.8 Å². The Morgan fingerprint density at radius 2 is 2.20 bits per heavy atom. The summed E-state index contributed by atoms with van der Waals surface area (Å²) < 4.78 is 23.6. The van der Waals surface area contributed by atoms with Gasteiger partial charge in [-0.3, -0.25) is 9.59 Å². The maximum absolute atomic E-state index is 11.8. The molecular formula is C10H8F2O2S. The molecule has 2 nitrogen and oxygen atoms in total. The number of Topliss-reactive ketones (excluding diaryl/α,β-unsaturated/α-hetero) is 1. The molecular weight excluding hydrogens is 222 g/mol. The number of hydrogen-bond acceptors (Lipinski definition) is 3. The van der Waals surface area contributed by atoms with E-state index in [-0.39, 0.29) is 0 Å². The van der Waals surface area contributed by atoms with Crippen molar-refractivity contribution in [3.63, 3.8) is 0 Å². The van der Waals surface area contributed by atoms with E-state index in [2.05, 4.69) is 0 Å². The van der Waals surface area contributed by atoms with Gasteiger partial charge >= 0.3 is 0 Å². The molecule has 0 N–H and O–H groups in total. The molecule has 0 unspecified atom stereocenters. The van der Waals surface area contributed by atoms with Crippen molar-refractivity contribution in [2.24, 2.45) is 0 Å². The fraction of sp³-hybridized carbons (Fsp3) is 0.200. The smallest absolute Gasteiger partial charge is 0.294 e. The topological polar surface area (TPSA) is 34.1 Å². The summed E-state index contributed by atoms with van der Waals surface area (Å²) in [4.78, 5) is 22.4. The van der Waals surface area contributed by atoms with Crippen LogP contribution in [0.2, 0.25) is 0 Å². The third-order valence-electron chi connectivity index (χ3n) is 1.57. The Kier molecular flexibility index (Phi) is 4.30. The summed E-state index contributed by atoms with van der Waals surface area (Å²) in [6.07, 6.45) is -1.15. The summed E-state index contributed by atoms with van der Waals surface area (Å²) in [5.41, 5.74) is 0. The lowest BCUT2D eigenvalue weighted by Gasteiger charge is -1.94. The fourth-order valence-electron chi connectivity index (χ4n) is 0.869. The molecule has 0 aliphatic heterocycles. The van der Waals surface area contributed by atoms with E-state index in [1.54, 1.807) is 12.1 Å². The van der Waals surface area contributed by atoms with Crippen LogP contribution in [-0.4, -0.2) is 18.0 Å². The van der Waals surface area contributed by atoms with Gasteiger partial charge in [0.1, 0.15) is 0 Å². The molecule has 0 radical (unpaired) electrons. The van der Waals surface area contributed by atoms with E-state index in [0.717, 1.165) is 11.0 Å². The highest BCUT2D eigenvalue weighted by Gasteiger charge is 2.17. The number of carbonyl (C=O) groups excluding carboxylic acids is 2. The molecule has 1 rings (SSSR count). The van der Waals surface area contributed by atoms with Gasteiger partial charge in [0.25, 0.3) is 6.43 Å². The molecule has 1 heterocycles. The number of hydrogen-bond donors (Lipinski definition) is 0. The average molecular weight is 230 g/mol. The van der Waals surface area contributed by atoms with Crippen LogP contribution in [0.4, 0.5) is 8.78 Å². The first-order valence-corrected chi connectivity index (χ1v) is 5.03. The predicted octanol–water partition coefficient (Wildman–Crippen LogP) is 2.55. The highest BCUT2D eigenvalue weighted by Crippen LogP contribution is 2.10. The molecule has 15 heavy (non-hydrogen) atoms. The first kappa shape index (κ1) is 11.7. The highest BCUT2D eigenvalue weighted by atomic mass is 32.1. The molecule has 80 valence electrons. The Morgan fingerprint density at radius 1 is 1.47 bits per heavy atom. The van der Waals surface area contributed by atoms with Crippen LogP contribution in [0.1, 0.15) is 11.3 Å². The van der Waals surface area contributed by atoms with Crippen molar-refractivity contribution >= 4 is 29.0 Å². The van der Waals surface area contributed by atoms with Crippen LogP contribution in [0.25, 0.3) is 6.08 Å². The van der Waals surface area contributed by atoms with E-state index >= 15 is 0 Å². The van der Waals surface area contributed by atoms with E-state index in [1.807, 2.05) is 5.38 Å². The second kappa shape index (κ2) is 5.50. The summed E-state index contributed by atoms with van der Waals surface area (Å²) in [6.45, 7) is 0. The number of carbonyl (C=O) groups is 2. The molecule has 1 aromatic heterocycles. The average Bonchev–Trinajstić information content (AvgIpc) is 2.66. The van der Waals surface area contributed by atoms with Crippen molar-refractivity contribution in [3.05, 3.63) is 28.5 Å². The van der Waals surface area contributed by atoms with Crippen molar-refractivity contribution in [1.29, 1.82) is 0 Å². The van der Waals surface area contributed by atoms with Crippen LogP contribution in [0, 0.1) is 0 Å². The summed E-state index contributed by atoms with van der Waals surface area (Å²) in [5.74, 6) is -1.94. The molecule has 0 spiro atoms. The number of ketones is 2. The maximum Gasteiger partial charge on any atom is 0.296 e. The normalized spacial score (nSPS) is 11.1. The Hall–Kier alpha value is -1.36. The van der Waals surface area contributed by atoms with Gasteiger partial charge in [-0.1, -0.05) is 6.07 Å². The van der Waals surface area contributed by atoms with Crippen molar-refractivity contribution in [3.8, 4) is 0 Å². The summed E-state index contributed by atoms with van der Waals surface area (Å²) in [5, 5.41) is 1.83. The summed E-state index contributed by atoms with van der Waals surface area (Å²) in [7, 11) is 0. The standard InChI is InChI=1S/C10H8F2O2S/c11-10(12)9(14)6-7(13)3-4-8-2-1-5-15-8/h1-5,10H,6H2. The fourth-order valence-corrected chi connectivity index (χ4v) is 1.49. The molecule has 0 aliphatic carbocycles. The van der Waals surface area contributed by atoms with E-state index in [1.165, 1.54) is 17.4 Å². The largest absolute Gasteiger partial charge is 0.296 e. The molecule has 1 aromatic rings. The molecule has 0 saturated heterocycles. The first-order chi connectivity index (χ1) is 7.09. The number of rotatable bonds is 5. The third kappa shape index (κ3) is 4.12. The third-order valence-corrected chi connectivity index (χ3v) is 2.41. The van der Waals surface area contributed by atoms with Gasteiger partial charge in [0.05, 0.1) is 6.42 Å². The van der Waals surface area contributed by atoms with Gasteiger partial charge < -0.3 is 0 Å². The SMILES string of the molecule is O=C(C=Cc1cccs1)CC(=O)C(F)F. The van der Waals surface area contributed by atoms with Crippen LogP contribution in [-0.2, 0) is 9.59 Å². The molecule has 0 aliphatic rings. The minimum absolute atomic E-state index is 0.603. The Bertz CT molecular complexity index is 369. The molecule has 0 atom stereocenters. The van der Waals surface area contributed by atoms with Crippen molar-refractivity contribution in [1.82, 2.24) is 0 Å². The zero-order chi connectivity index (χ0) is 11.3. The second-order valence-corrected chi connectivity index (χ2v) is 3.74. The predicted molar refractivity (Wildman–Crippen MR) is 54.0 cm³/mol. The monoisotopic (exact) mass is 230 g/mol. The molecule has 0 aromatic carbocycles. The summed E-state index contributed by atoms with van der Waals surface area (Å²) >= 11 is 1.42. The molecule has 5 heteroatoms. The zero-order valence-corrected chi connectivity index (χ0v) is 8.47. The van der Waals surface area contributed by atoms with E-state index in [4.69, 9.17) is 0 Å². The van der Waals surface area contributed by atoms with E-state index < -0.39 is 24.4 Å². The van der Waals surface area contributed by atoms with Crippen LogP contribution in [0.15, 0.2) is 23.6 Å². The van der Waals surface area contributed by atoms with E-state index in [9.17, 15) is 18.4 Å². The minimum Gasteiger partial charge on any atom is -0.294 e. The highest BCUT2D eigenvalue weighted by molar-refractivity contribution is 7.10. The lowest BCUT2D eigenvalue weighted by Crippen LogP contribution is -2.13. The van der Waals surface area contributed by atoms with Gasteiger partial charge in [-0.15, -0.1) is 11.3 Å². The molecule has 0 amide bonds. The first-order valence-electron chi connectivity index (χ1n) is 4.15.